The Bertz CT molecular complexity index is 469. The first-order valence-electron chi connectivity index (χ1n) is 9.33. The zero-order chi connectivity index (χ0) is 17.1. The summed E-state index contributed by atoms with van der Waals surface area (Å²) in [6, 6.07) is 0. The van der Waals surface area contributed by atoms with E-state index in [-0.39, 0.29) is 5.41 Å². The van der Waals surface area contributed by atoms with Crippen LogP contribution in [0.3, 0.4) is 0 Å². The molecule has 0 aromatic rings. The van der Waals surface area contributed by atoms with Crippen molar-refractivity contribution < 1.29 is 9.90 Å². The molecule has 2 heteroatoms. The Labute approximate surface area is 142 Å². The maximum atomic E-state index is 12.3. The van der Waals surface area contributed by atoms with Crippen molar-refractivity contribution in [3.8, 4) is 0 Å². The number of ketones is 1. The molecule has 0 unspecified atom stereocenters. The molecule has 2 aliphatic rings. The molecule has 1 N–H and O–H groups in total. The molecule has 0 aromatic carbocycles. The molecule has 0 spiro atoms. The number of allylic oxidation sites excluding steroid dienone is 3. The summed E-state index contributed by atoms with van der Waals surface area (Å²) < 4.78 is 0. The highest BCUT2D eigenvalue weighted by atomic mass is 16.3. The second-order valence-electron chi connectivity index (χ2n) is 8.57. The molecule has 0 aromatic heterocycles. The molecule has 23 heavy (non-hydrogen) atoms. The van der Waals surface area contributed by atoms with E-state index in [1.807, 2.05) is 18.2 Å². The van der Waals surface area contributed by atoms with E-state index in [0.717, 1.165) is 25.7 Å². The number of rotatable bonds is 5. The lowest BCUT2D eigenvalue weighted by Gasteiger charge is -2.51. The van der Waals surface area contributed by atoms with Crippen molar-refractivity contribution in [2.24, 2.45) is 23.2 Å². The lowest BCUT2D eigenvalue weighted by Crippen LogP contribution is -2.47. The highest BCUT2D eigenvalue weighted by Crippen LogP contribution is 2.54. The average molecular weight is 319 g/mol. The maximum absolute atomic E-state index is 12.3. The summed E-state index contributed by atoms with van der Waals surface area (Å²) in [5, 5.41) is 9.67. The molecule has 0 saturated heterocycles. The molecule has 0 aliphatic heterocycles. The summed E-state index contributed by atoms with van der Waals surface area (Å²) in [5.74, 6) is 2.12. The number of carbonyl (C=O) groups is 1. The van der Waals surface area contributed by atoms with E-state index in [1.54, 1.807) is 13.8 Å². The van der Waals surface area contributed by atoms with Gasteiger partial charge in [-0.25, -0.2) is 0 Å². The Morgan fingerprint density at radius 2 is 2.04 bits per heavy atom. The maximum Gasteiger partial charge on any atom is 0.136 e. The van der Waals surface area contributed by atoms with Crippen LogP contribution in [0.25, 0.3) is 0 Å². The molecule has 4 atom stereocenters. The van der Waals surface area contributed by atoms with Crippen molar-refractivity contribution >= 4 is 5.78 Å². The van der Waals surface area contributed by atoms with Gasteiger partial charge >= 0.3 is 0 Å². The van der Waals surface area contributed by atoms with Crippen LogP contribution in [0.1, 0.15) is 72.6 Å². The Morgan fingerprint density at radius 1 is 1.30 bits per heavy atom. The van der Waals surface area contributed by atoms with Crippen molar-refractivity contribution in [2.45, 2.75) is 78.2 Å². The van der Waals surface area contributed by atoms with Gasteiger partial charge in [-0.15, -0.1) is 0 Å². The van der Waals surface area contributed by atoms with Crippen molar-refractivity contribution in [3.63, 3.8) is 0 Å². The molecule has 0 heterocycles. The zero-order valence-electron chi connectivity index (χ0n) is 15.3. The quantitative estimate of drug-likeness (QED) is 0.718. The molecule has 0 amide bonds. The third kappa shape index (κ3) is 4.56. The topological polar surface area (TPSA) is 37.3 Å². The molecule has 2 nitrogen and oxygen atoms in total. The number of aliphatic hydroxyl groups is 1. The SMILES string of the molecule is C[C@H](CC=CC=CC(C)(C)O)[C@H]1CCC[C@H]2C(=O)CCC[C@]12C. The number of Topliss-reactive ketones (excluding diaryl/α,β-unsaturated/α-hetero) is 1. The van der Waals surface area contributed by atoms with Gasteiger partial charge in [-0.3, -0.25) is 4.79 Å². The first-order chi connectivity index (χ1) is 10.7. The van der Waals surface area contributed by atoms with E-state index in [0.29, 0.717) is 23.5 Å². The number of carbonyl (C=O) groups excluding carboxylic acids is 1. The summed E-state index contributed by atoms with van der Waals surface area (Å²) >= 11 is 0. The number of hydrogen-bond acceptors (Lipinski definition) is 2. The Balaban J connectivity index is 1.98. The minimum Gasteiger partial charge on any atom is -0.386 e. The van der Waals surface area contributed by atoms with Gasteiger partial charge in [0, 0.05) is 12.3 Å². The predicted octanol–water partition coefficient (Wildman–Crippen LogP) is 5.07. The standard InChI is InChI=1S/C21H34O2/c1-16(10-6-5-7-14-20(2,3)23)17-11-8-12-18-19(22)13-9-15-21(17,18)4/h5-7,14,16-18,23H,8-13,15H2,1-4H3/t16-,17-,18+,21-/m1/s1. The number of hydrogen-bond donors (Lipinski definition) is 1. The van der Waals surface area contributed by atoms with Crippen LogP contribution in [0.2, 0.25) is 0 Å². The molecule has 130 valence electrons. The zero-order valence-corrected chi connectivity index (χ0v) is 15.3. The molecular formula is C21H34O2. The summed E-state index contributed by atoms with van der Waals surface area (Å²) in [6.07, 6.45) is 15.8. The summed E-state index contributed by atoms with van der Waals surface area (Å²) in [4.78, 5) is 12.3. The first kappa shape index (κ1) is 18.4. The van der Waals surface area contributed by atoms with Gasteiger partial charge in [0.15, 0.2) is 0 Å². The van der Waals surface area contributed by atoms with E-state index in [4.69, 9.17) is 0 Å². The van der Waals surface area contributed by atoms with Crippen LogP contribution >= 0.6 is 0 Å². The minimum atomic E-state index is -0.748. The van der Waals surface area contributed by atoms with Crippen LogP contribution in [0.5, 0.6) is 0 Å². The highest BCUT2D eigenvalue weighted by Gasteiger charge is 2.49. The van der Waals surface area contributed by atoms with Gasteiger partial charge in [0.05, 0.1) is 5.60 Å². The normalized spacial score (nSPS) is 34.0. The smallest absolute Gasteiger partial charge is 0.136 e. The van der Waals surface area contributed by atoms with Crippen LogP contribution < -0.4 is 0 Å². The van der Waals surface area contributed by atoms with Crippen molar-refractivity contribution in [1.82, 2.24) is 0 Å². The third-order valence-corrected chi connectivity index (χ3v) is 6.12. The van der Waals surface area contributed by atoms with Gasteiger partial charge in [-0.05, 0) is 63.2 Å². The Morgan fingerprint density at radius 3 is 2.74 bits per heavy atom. The Hall–Kier alpha value is -0.890. The molecule has 2 fully saturated rings. The summed E-state index contributed by atoms with van der Waals surface area (Å²) in [5.41, 5.74) is -0.522. The second-order valence-corrected chi connectivity index (χ2v) is 8.57. The van der Waals surface area contributed by atoms with Gasteiger partial charge in [0.25, 0.3) is 0 Å². The van der Waals surface area contributed by atoms with E-state index in [2.05, 4.69) is 19.9 Å². The van der Waals surface area contributed by atoms with E-state index in [1.165, 1.54) is 19.3 Å². The monoisotopic (exact) mass is 318 g/mol. The van der Waals surface area contributed by atoms with E-state index < -0.39 is 5.60 Å². The third-order valence-electron chi connectivity index (χ3n) is 6.12. The Kier molecular flexibility index (Phi) is 5.89. The van der Waals surface area contributed by atoms with Crippen LogP contribution in [0.15, 0.2) is 24.3 Å². The van der Waals surface area contributed by atoms with Gasteiger partial charge < -0.3 is 5.11 Å². The van der Waals surface area contributed by atoms with Crippen LogP contribution in [0.4, 0.5) is 0 Å². The minimum absolute atomic E-state index is 0.226. The fourth-order valence-corrected chi connectivity index (χ4v) is 4.93. The van der Waals surface area contributed by atoms with Gasteiger partial charge in [-0.1, -0.05) is 44.6 Å². The number of fused-ring (bicyclic) bond motifs is 1. The molecule has 0 radical (unpaired) electrons. The van der Waals surface area contributed by atoms with Crippen LogP contribution in [-0.4, -0.2) is 16.5 Å². The lowest BCUT2D eigenvalue weighted by atomic mass is 9.52. The predicted molar refractivity (Wildman–Crippen MR) is 96.2 cm³/mol. The average Bonchev–Trinajstić information content (AvgIpc) is 2.44. The molecule has 2 aliphatic carbocycles. The van der Waals surface area contributed by atoms with Gasteiger partial charge in [0.1, 0.15) is 5.78 Å². The van der Waals surface area contributed by atoms with Crippen LogP contribution in [-0.2, 0) is 4.79 Å². The van der Waals surface area contributed by atoms with Gasteiger partial charge in [-0.2, -0.15) is 0 Å². The fourth-order valence-electron chi connectivity index (χ4n) is 4.93. The van der Waals surface area contributed by atoms with Crippen molar-refractivity contribution in [1.29, 1.82) is 0 Å². The molecule has 0 bridgehead atoms. The van der Waals surface area contributed by atoms with E-state index in [9.17, 15) is 9.90 Å². The van der Waals surface area contributed by atoms with Gasteiger partial charge in [0.2, 0.25) is 0 Å². The molecule has 2 saturated carbocycles. The second kappa shape index (κ2) is 7.34. The summed E-state index contributed by atoms with van der Waals surface area (Å²) in [6.45, 7) is 8.29. The molecular weight excluding hydrogens is 284 g/mol. The van der Waals surface area contributed by atoms with Crippen molar-refractivity contribution in [3.05, 3.63) is 24.3 Å². The van der Waals surface area contributed by atoms with Crippen molar-refractivity contribution in [2.75, 3.05) is 0 Å². The first-order valence-corrected chi connectivity index (χ1v) is 9.33. The fraction of sp³-hybridized carbons (Fsp3) is 0.762. The highest BCUT2D eigenvalue weighted by molar-refractivity contribution is 5.82. The molecule has 2 rings (SSSR count). The summed E-state index contributed by atoms with van der Waals surface area (Å²) in [7, 11) is 0. The van der Waals surface area contributed by atoms with Crippen LogP contribution in [0, 0.1) is 23.2 Å². The lowest BCUT2D eigenvalue weighted by molar-refractivity contribution is -0.137. The largest absolute Gasteiger partial charge is 0.386 e. The van der Waals surface area contributed by atoms with E-state index >= 15 is 0 Å².